The summed E-state index contributed by atoms with van der Waals surface area (Å²) in [6.07, 6.45) is 4.84. The first-order valence-corrected chi connectivity index (χ1v) is 5.31. The Morgan fingerprint density at radius 3 is 3.07 bits per heavy atom. The van der Waals surface area contributed by atoms with Gasteiger partial charge < -0.3 is 5.32 Å². The molecule has 0 saturated carbocycles. The van der Waals surface area contributed by atoms with Crippen LogP contribution >= 0.6 is 0 Å². The summed E-state index contributed by atoms with van der Waals surface area (Å²) in [7, 11) is 0. The van der Waals surface area contributed by atoms with Crippen LogP contribution in [0.3, 0.4) is 0 Å². The Morgan fingerprint density at radius 2 is 2.20 bits per heavy atom. The van der Waals surface area contributed by atoms with Crippen molar-refractivity contribution in [2.75, 3.05) is 0 Å². The molecular formula is C12H13N3. The smallest absolute Gasteiger partial charge is 0.0941 e. The summed E-state index contributed by atoms with van der Waals surface area (Å²) in [6, 6.07) is 9.15. The number of azo groups is 1. The van der Waals surface area contributed by atoms with Gasteiger partial charge in [0.25, 0.3) is 0 Å². The highest BCUT2D eigenvalue weighted by molar-refractivity contribution is 5.35. The molecule has 1 aromatic rings. The second-order valence-corrected chi connectivity index (χ2v) is 3.98. The predicted molar refractivity (Wildman–Crippen MR) is 58.4 cm³/mol. The average molecular weight is 199 g/mol. The van der Waals surface area contributed by atoms with Gasteiger partial charge in [0.15, 0.2) is 0 Å². The lowest BCUT2D eigenvalue weighted by Crippen LogP contribution is -2.25. The second kappa shape index (κ2) is 3.59. The minimum atomic E-state index is 0.263. The van der Waals surface area contributed by atoms with Crippen molar-refractivity contribution in [3.05, 3.63) is 47.7 Å². The second-order valence-electron chi connectivity index (χ2n) is 3.98. The van der Waals surface area contributed by atoms with Crippen LogP contribution in [0.4, 0.5) is 0 Å². The van der Waals surface area contributed by atoms with E-state index in [4.69, 9.17) is 0 Å². The minimum Gasteiger partial charge on any atom is -0.304 e. The van der Waals surface area contributed by atoms with Crippen molar-refractivity contribution >= 4 is 0 Å². The van der Waals surface area contributed by atoms with E-state index in [0.717, 1.165) is 13.0 Å². The molecule has 3 nitrogen and oxygen atoms in total. The molecule has 0 bridgehead atoms. The number of hydrogen-bond donors (Lipinski definition) is 1. The van der Waals surface area contributed by atoms with Gasteiger partial charge in [0, 0.05) is 12.7 Å². The van der Waals surface area contributed by atoms with Crippen molar-refractivity contribution in [3.8, 4) is 0 Å². The van der Waals surface area contributed by atoms with Gasteiger partial charge in [0.05, 0.1) is 12.1 Å². The minimum absolute atomic E-state index is 0.263. The topological polar surface area (TPSA) is 36.8 Å². The third kappa shape index (κ3) is 1.49. The largest absolute Gasteiger partial charge is 0.304 e. The summed E-state index contributed by atoms with van der Waals surface area (Å²) >= 11 is 0. The molecule has 2 atom stereocenters. The molecular weight excluding hydrogens is 186 g/mol. The van der Waals surface area contributed by atoms with Crippen molar-refractivity contribution in [2.24, 2.45) is 10.2 Å². The quantitative estimate of drug-likeness (QED) is 0.741. The van der Waals surface area contributed by atoms with E-state index in [-0.39, 0.29) is 6.04 Å². The van der Waals surface area contributed by atoms with Gasteiger partial charge in [-0.1, -0.05) is 30.3 Å². The molecule has 2 unspecified atom stereocenters. The number of nitrogens with zero attached hydrogens (tertiary/aromatic N) is 2. The molecule has 15 heavy (non-hydrogen) atoms. The van der Waals surface area contributed by atoms with E-state index in [2.05, 4.69) is 45.9 Å². The first-order chi connectivity index (χ1) is 7.45. The molecule has 3 rings (SSSR count). The summed E-state index contributed by atoms with van der Waals surface area (Å²) < 4.78 is 0. The Labute approximate surface area is 88.9 Å². The Morgan fingerprint density at radius 1 is 1.27 bits per heavy atom. The molecule has 0 aliphatic carbocycles. The van der Waals surface area contributed by atoms with Crippen LogP contribution in [-0.4, -0.2) is 6.04 Å². The highest BCUT2D eigenvalue weighted by atomic mass is 15.1. The third-order valence-corrected chi connectivity index (χ3v) is 3.05. The van der Waals surface area contributed by atoms with Crippen LogP contribution in [0.25, 0.3) is 0 Å². The fourth-order valence-electron chi connectivity index (χ4n) is 2.29. The molecule has 0 spiro atoms. The summed E-state index contributed by atoms with van der Waals surface area (Å²) in [5.41, 5.74) is 2.78. The molecule has 0 saturated heterocycles. The number of hydrogen-bond acceptors (Lipinski definition) is 3. The highest BCUT2D eigenvalue weighted by Crippen LogP contribution is 2.31. The van der Waals surface area contributed by atoms with Gasteiger partial charge in [-0.25, -0.2) is 0 Å². The van der Waals surface area contributed by atoms with Crippen LogP contribution in [-0.2, 0) is 6.54 Å². The van der Waals surface area contributed by atoms with Crippen LogP contribution in [0, 0.1) is 0 Å². The number of rotatable bonds is 1. The van der Waals surface area contributed by atoms with Gasteiger partial charge in [0.2, 0.25) is 0 Å². The van der Waals surface area contributed by atoms with Crippen molar-refractivity contribution in [1.82, 2.24) is 5.32 Å². The average Bonchev–Trinajstić information content (AvgIpc) is 2.74. The lowest BCUT2D eigenvalue weighted by atomic mass is 9.97. The van der Waals surface area contributed by atoms with Crippen LogP contribution < -0.4 is 5.32 Å². The number of fused-ring (bicyclic) bond motifs is 1. The number of nitrogens with one attached hydrogen (secondary N) is 1. The Bertz CT molecular complexity index is 423. The van der Waals surface area contributed by atoms with Gasteiger partial charge in [-0.3, -0.25) is 0 Å². The molecule has 1 N–H and O–H groups in total. The lowest BCUT2D eigenvalue weighted by molar-refractivity contribution is 0.458. The van der Waals surface area contributed by atoms with Crippen molar-refractivity contribution < 1.29 is 0 Å². The summed E-state index contributed by atoms with van der Waals surface area (Å²) in [5.74, 6) is 0. The zero-order valence-electron chi connectivity index (χ0n) is 8.43. The third-order valence-electron chi connectivity index (χ3n) is 3.05. The van der Waals surface area contributed by atoms with Crippen LogP contribution in [0.5, 0.6) is 0 Å². The Balaban J connectivity index is 1.90. The Hall–Kier alpha value is -1.48. The van der Waals surface area contributed by atoms with Gasteiger partial charge in [-0.15, -0.1) is 0 Å². The Kier molecular flexibility index (Phi) is 2.10. The molecule has 76 valence electrons. The molecule has 0 radical (unpaired) electrons. The van der Waals surface area contributed by atoms with Crippen molar-refractivity contribution in [1.29, 1.82) is 0 Å². The van der Waals surface area contributed by atoms with Crippen LogP contribution in [0.1, 0.15) is 23.6 Å². The zero-order chi connectivity index (χ0) is 10.1. The summed E-state index contributed by atoms with van der Waals surface area (Å²) in [5, 5.41) is 11.8. The molecule has 0 aromatic heterocycles. The number of benzene rings is 1. The monoisotopic (exact) mass is 199 g/mol. The first-order valence-electron chi connectivity index (χ1n) is 5.31. The normalized spacial score (nSPS) is 28.0. The maximum atomic E-state index is 4.29. The fourth-order valence-corrected chi connectivity index (χ4v) is 2.29. The van der Waals surface area contributed by atoms with E-state index in [0.29, 0.717) is 6.04 Å². The van der Waals surface area contributed by atoms with E-state index >= 15 is 0 Å². The van der Waals surface area contributed by atoms with Gasteiger partial charge in [-0.05, 0) is 17.5 Å². The molecule has 0 amide bonds. The van der Waals surface area contributed by atoms with E-state index in [1.165, 1.54) is 11.1 Å². The molecule has 1 aromatic carbocycles. The maximum Gasteiger partial charge on any atom is 0.0941 e. The van der Waals surface area contributed by atoms with E-state index in [9.17, 15) is 0 Å². The van der Waals surface area contributed by atoms with Crippen molar-refractivity contribution in [2.45, 2.75) is 25.0 Å². The first kappa shape index (κ1) is 8.80. The SMILES string of the molecule is C1=CN=NC(C2NCc3ccccc32)C1. The van der Waals surface area contributed by atoms with E-state index in [1.807, 2.05) is 0 Å². The zero-order valence-corrected chi connectivity index (χ0v) is 8.43. The van der Waals surface area contributed by atoms with Crippen molar-refractivity contribution in [3.63, 3.8) is 0 Å². The fraction of sp³-hybridized carbons (Fsp3) is 0.333. The molecule has 2 aliphatic rings. The summed E-state index contributed by atoms with van der Waals surface area (Å²) in [6.45, 7) is 0.955. The van der Waals surface area contributed by atoms with E-state index in [1.54, 1.807) is 6.20 Å². The highest BCUT2D eigenvalue weighted by Gasteiger charge is 2.28. The molecule has 3 heteroatoms. The van der Waals surface area contributed by atoms with Crippen LogP contribution in [0.2, 0.25) is 0 Å². The maximum absolute atomic E-state index is 4.29. The molecule has 0 fully saturated rings. The summed E-state index contributed by atoms with van der Waals surface area (Å²) in [4.78, 5) is 0. The molecule has 2 aliphatic heterocycles. The lowest BCUT2D eigenvalue weighted by Gasteiger charge is -2.19. The standard InChI is InChI=1S/C12H13N3/c1-2-5-10-9(4-1)8-13-12(10)11-6-3-7-14-15-11/h1-5,7,11-13H,6,8H2. The van der Waals surface area contributed by atoms with Gasteiger partial charge >= 0.3 is 0 Å². The van der Waals surface area contributed by atoms with Gasteiger partial charge in [0.1, 0.15) is 0 Å². The molecule has 2 heterocycles. The van der Waals surface area contributed by atoms with Crippen LogP contribution in [0.15, 0.2) is 46.8 Å². The van der Waals surface area contributed by atoms with E-state index < -0.39 is 0 Å². The van der Waals surface area contributed by atoms with Gasteiger partial charge in [-0.2, -0.15) is 10.2 Å². The predicted octanol–water partition coefficient (Wildman–Crippen LogP) is 2.57.